The van der Waals surface area contributed by atoms with Gasteiger partial charge in [0.1, 0.15) is 0 Å². The first-order valence-electron chi connectivity index (χ1n) is 6.34. The summed E-state index contributed by atoms with van der Waals surface area (Å²) >= 11 is 0. The van der Waals surface area contributed by atoms with Gasteiger partial charge in [-0.25, -0.2) is 0 Å². The largest absolute Gasteiger partial charge is 0.396 e. The van der Waals surface area contributed by atoms with Crippen molar-refractivity contribution in [2.24, 2.45) is 0 Å². The van der Waals surface area contributed by atoms with Crippen LogP contribution in [0.2, 0.25) is 0 Å². The van der Waals surface area contributed by atoms with Gasteiger partial charge in [-0.1, -0.05) is 0 Å². The van der Waals surface area contributed by atoms with Gasteiger partial charge in [-0.2, -0.15) is 0 Å². The molecule has 0 saturated carbocycles. The number of hydrogen-bond donors (Lipinski definition) is 4. The van der Waals surface area contributed by atoms with Crippen molar-refractivity contribution in [3.63, 3.8) is 0 Å². The lowest BCUT2D eigenvalue weighted by atomic mass is 10.3. The fourth-order valence-electron chi connectivity index (χ4n) is 1.70. The van der Waals surface area contributed by atoms with Crippen LogP contribution in [0.3, 0.4) is 0 Å². The Morgan fingerprint density at radius 2 is 1.72 bits per heavy atom. The van der Waals surface area contributed by atoms with Gasteiger partial charge in [-0.15, -0.1) is 0 Å². The maximum absolute atomic E-state index is 11.4. The van der Waals surface area contributed by atoms with Crippen molar-refractivity contribution in [1.82, 2.24) is 20.9 Å². The second-order valence-corrected chi connectivity index (χ2v) is 4.18. The summed E-state index contributed by atoms with van der Waals surface area (Å²) in [6.07, 6.45) is 0.458. The molecule has 1 rings (SSSR count). The average Bonchev–Trinajstić information content (AvgIpc) is 2.40. The van der Waals surface area contributed by atoms with Crippen molar-refractivity contribution < 1.29 is 14.7 Å². The van der Waals surface area contributed by atoms with Crippen LogP contribution < -0.4 is 16.0 Å². The molecule has 0 radical (unpaired) electrons. The third-order valence-corrected chi connectivity index (χ3v) is 2.75. The van der Waals surface area contributed by atoms with E-state index in [4.69, 9.17) is 5.11 Å². The van der Waals surface area contributed by atoms with Crippen molar-refractivity contribution in [2.45, 2.75) is 6.42 Å². The van der Waals surface area contributed by atoms with Gasteiger partial charge in [0, 0.05) is 52.4 Å². The highest BCUT2D eigenvalue weighted by molar-refractivity contribution is 6.35. The molecule has 1 aliphatic rings. The molecule has 4 N–H and O–H groups in total. The molecule has 0 aromatic carbocycles. The van der Waals surface area contributed by atoms with Crippen LogP contribution in [0, 0.1) is 0 Å². The Labute approximate surface area is 107 Å². The number of nitrogens with zero attached hydrogens (tertiary/aromatic N) is 1. The number of amides is 2. The number of aliphatic hydroxyl groups is 1. The van der Waals surface area contributed by atoms with Crippen LogP contribution in [0.1, 0.15) is 6.42 Å². The second-order valence-electron chi connectivity index (χ2n) is 4.18. The molecule has 18 heavy (non-hydrogen) atoms. The molecule has 0 bridgehead atoms. The third-order valence-electron chi connectivity index (χ3n) is 2.75. The first-order chi connectivity index (χ1) is 8.74. The molecule has 0 spiro atoms. The van der Waals surface area contributed by atoms with Crippen molar-refractivity contribution in [3.8, 4) is 0 Å². The lowest BCUT2D eigenvalue weighted by Crippen LogP contribution is -2.47. The minimum Gasteiger partial charge on any atom is -0.396 e. The predicted octanol–water partition coefficient (Wildman–Crippen LogP) is -2.49. The van der Waals surface area contributed by atoms with Gasteiger partial charge in [-0.3, -0.25) is 14.5 Å². The molecular weight excluding hydrogens is 236 g/mol. The summed E-state index contributed by atoms with van der Waals surface area (Å²) in [5.74, 6) is -1.24. The molecule has 2 amide bonds. The van der Waals surface area contributed by atoms with Gasteiger partial charge in [0.15, 0.2) is 0 Å². The molecule has 1 fully saturated rings. The van der Waals surface area contributed by atoms with Crippen molar-refractivity contribution in [2.75, 3.05) is 52.4 Å². The van der Waals surface area contributed by atoms with E-state index in [1.807, 2.05) is 0 Å². The summed E-state index contributed by atoms with van der Waals surface area (Å²) in [6, 6.07) is 0. The maximum atomic E-state index is 11.4. The van der Waals surface area contributed by atoms with E-state index in [2.05, 4.69) is 20.9 Å². The van der Waals surface area contributed by atoms with Crippen molar-refractivity contribution in [3.05, 3.63) is 0 Å². The molecule has 104 valence electrons. The standard InChI is InChI=1S/C11H22N4O3/c16-9-1-2-13-10(17)11(18)14-5-8-15-6-3-12-4-7-15/h12,16H,1-9H2,(H,13,17)(H,14,18). The van der Waals surface area contributed by atoms with Crippen LogP contribution >= 0.6 is 0 Å². The summed E-state index contributed by atoms with van der Waals surface area (Å²) in [7, 11) is 0. The number of piperazine rings is 1. The highest BCUT2D eigenvalue weighted by Gasteiger charge is 2.13. The van der Waals surface area contributed by atoms with Gasteiger partial charge in [0.2, 0.25) is 0 Å². The van der Waals surface area contributed by atoms with Crippen molar-refractivity contribution >= 4 is 11.8 Å². The molecule has 0 unspecified atom stereocenters. The van der Waals surface area contributed by atoms with E-state index < -0.39 is 11.8 Å². The SMILES string of the molecule is O=C(NCCCO)C(=O)NCCN1CCNCC1. The lowest BCUT2D eigenvalue weighted by Gasteiger charge is -2.26. The topological polar surface area (TPSA) is 93.7 Å². The maximum Gasteiger partial charge on any atom is 0.309 e. The molecule has 1 heterocycles. The van der Waals surface area contributed by atoms with Crippen LogP contribution in [0.5, 0.6) is 0 Å². The number of aliphatic hydroxyl groups excluding tert-OH is 1. The Morgan fingerprint density at radius 3 is 2.33 bits per heavy atom. The lowest BCUT2D eigenvalue weighted by molar-refractivity contribution is -0.139. The van der Waals surface area contributed by atoms with Crippen molar-refractivity contribution in [1.29, 1.82) is 0 Å². The van der Waals surface area contributed by atoms with Gasteiger partial charge in [0.05, 0.1) is 0 Å². The van der Waals surface area contributed by atoms with Crippen LogP contribution in [0.4, 0.5) is 0 Å². The van der Waals surface area contributed by atoms with E-state index in [1.165, 1.54) is 0 Å². The van der Waals surface area contributed by atoms with E-state index in [-0.39, 0.29) is 6.61 Å². The van der Waals surface area contributed by atoms with E-state index in [0.29, 0.717) is 19.5 Å². The molecular formula is C11H22N4O3. The Hall–Kier alpha value is -1.18. The van der Waals surface area contributed by atoms with E-state index in [0.717, 1.165) is 32.7 Å². The highest BCUT2D eigenvalue weighted by Crippen LogP contribution is 1.89. The zero-order chi connectivity index (χ0) is 13.2. The minimum absolute atomic E-state index is 0.00486. The molecule has 1 aliphatic heterocycles. The van der Waals surface area contributed by atoms with Crippen LogP contribution in [0.15, 0.2) is 0 Å². The molecule has 0 aliphatic carbocycles. The van der Waals surface area contributed by atoms with Gasteiger partial charge < -0.3 is 21.1 Å². The van der Waals surface area contributed by atoms with Gasteiger partial charge in [-0.05, 0) is 6.42 Å². The monoisotopic (exact) mass is 258 g/mol. The second kappa shape index (κ2) is 8.84. The van der Waals surface area contributed by atoms with Gasteiger partial charge >= 0.3 is 11.8 Å². The quantitative estimate of drug-likeness (QED) is 0.312. The van der Waals surface area contributed by atoms with Crippen LogP contribution in [-0.4, -0.2) is 74.2 Å². The summed E-state index contributed by atoms with van der Waals surface area (Å²) in [5.41, 5.74) is 0. The number of carbonyl (C=O) groups is 2. The number of hydrogen-bond acceptors (Lipinski definition) is 5. The fraction of sp³-hybridized carbons (Fsp3) is 0.818. The summed E-state index contributed by atoms with van der Waals surface area (Å²) in [6.45, 7) is 5.44. The average molecular weight is 258 g/mol. The molecule has 7 nitrogen and oxygen atoms in total. The molecule has 1 saturated heterocycles. The number of nitrogens with one attached hydrogen (secondary N) is 3. The minimum atomic E-state index is -0.635. The first-order valence-corrected chi connectivity index (χ1v) is 6.34. The number of carbonyl (C=O) groups excluding carboxylic acids is 2. The Bertz CT molecular complexity index is 267. The Balaban J connectivity index is 2.06. The summed E-state index contributed by atoms with van der Waals surface area (Å²) in [4.78, 5) is 24.9. The smallest absolute Gasteiger partial charge is 0.309 e. The molecule has 0 aromatic heterocycles. The molecule has 0 aromatic rings. The zero-order valence-corrected chi connectivity index (χ0v) is 10.6. The van der Waals surface area contributed by atoms with Crippen LogP contribution in [-0.2, 0) is 9.59 Å². The summed E-state index contributed by atoms with van der Waals surface area (Å²) in [5, 5.41) is 16.8. The van der Waals surface area contributed by atoms with E-state index in [9.17, 15) is 9.59 Å². The number of rotatable bonds is 6. The summed E-state index contributed by atoms with van der Waals surface area (Å²) < 4.78 is 0. The molecule has 7 heteroatoms. The van der Waals surface area contributed by atoms with E-state index >= 15 is 0 Å². The fourth-order valence-corrected chi connectivity index (χ4v) is 1.70. The Morgan fingerprint density at radius 1 is 1.11 bits per heavy atom. The van der Waals surface area contributed by atoms with Gasteiger partial charge in [0.25, 0.3) is 0 Å². The zero-order valence-electron chi connectivity index (χ0n) is 10.6. The Kier molecular flexibility index (Phi) is 7.31. The first kappa shape index (κ1) is 14.9. The normalized spacial score (nSPS) is 16.3. The highest BCUT2D eigenvalue weighted by atomic mass is 16.3. The third kappa shape index (κ3) is 5.95. The molecule has 0 atom stereocenters. The van der Waals surface area contributed by atoms with Crippen LogP contribution in [0.25, 0.3) is 0 Å². The predicted molar refractivity (Wildman–Crippen MR) is 67.0 cm³/mol. The van der Waals surface area contributed by atoms with E-state index in [1.54, 1.807) is 0 Å².